The first-order chi connectivity index (χ1) is 10.9. The van der Waals surface area contributed by atoms with E-state index in [0.29, 0.717) is 19.5 Å². The number of amides is 1. The molecule has 1 fully saturated rings. The van der Waals surface area contributed by atoms with E-state index in [0.717, 1.165) is 30.4 Å². The first-order valence-electron chi connectivity index (χ1n) is 8.18. The number of benzene rings is 1. The Labute approximate surface area is 139 Å². The van der Waals surface area contributed by atoms with Gasteiger partial charge in [-0.3, -0.25) is 4.79 Å². The van der Waals surface area contributed by atoms with Crippen molar-refractivity contribution in [1.82, 2.24) is 9.62 Å². The molecule has 1 aromatic carbocycles. The minimum absolute atomic E-state index is 0.00888. The Morgan fingerprint density at radius 3 is 2.83 bits per heavy atom. The summed E-state index contributed by atoms with van der Waals surface area (Å²) in [4.78, 5) is 11.0. The highest BCUT2D eigenvalue weighted by atomic mass is 32.2. The summed E-state index contributed by atoms with van der Waals surface area (Å²) >= 11 is 0. The van der Waals surface area contributed by atoms with Crippen molar-refractivity contribution in [2.75, 3.05) is 13.1 Å². The van der Waals surface area contributed by atoms with Crippen LogP contribution in [0.5, 0.6) is 0 Å². The van der Waals surface area contributed by atoms with Crippen molar-refractivity contribution in [2.45, 2.75) is 51.3 Å². The minimum Gasteiger partial charge on any atom is -0.356 e. The third kappa shape index (κ3) is 5.32. The molecule has 128 valence electrons. The van der Waals surface area contributed by atoms with Crippen LogP contribution in [-0.2, 0) is 20.6 Å². The molecule has 0 bridgehead atoms. The molecule has 1 amide bonds. The fourth-order valence-electron chi connectivity index (χ4n) is 3.14. The lowest BCUT2D eigenvalue weighted by atomic mass is 10.0. The summed E-state index contributed by atoms with van der Waals surface area (Å²) < 4.78 is 27.3. The average molecular weight is 338 g/mol. The smallest absolute Gasteiger partial charge is 0.218 e. The van der Waals surface area contributed by atoms with Gasteiger partial charge < -0.3 is 5.32 Å². The molecular weight excluding hydrogens is 312 g/mol. The van der Waals surface area contributed by atoms with Crippen molar-refractivity contribution in [3.63, 3.8) is 0 Å². The highest BCUT2D eigenvalue weighted by Crippen LogP contribution is 2.25. The largest absolute Gasteiger partial charge is 0.356 e. The van der Waals surface area contributed by atoms with Gasteiger partial charge in [0.2, 0.25) is 15.9 Å². The van der Waals surface area contributed by atoms with Crippen molar-refractivity contribution in [1.29, 1.82) is 0 Å². The molecule has 6 heteroatoms. The number of carbonyl (C=O) groups is 1. The summed E-state index contributed by atoms with van der Waals surface area (Å²) in [5.74, 6) is -0.0272. The van der Waals surface area contributed by atoms with Gasteiger partial charge in [0.25, 0.3) is 0 Å². The summed E-state index contributed by atoms with van der Waals surface area (Å²) in [6.45, 7) is 4.55. The molecule has 0 unspecified atom stereocenters. The summed E-state index contributed by atoms with van der Waals surface area (Å²) in [5, 5.41) is 2.76. The van der Waals surface area contributed by atoms with Crippen LogP contribution in [0.15, 0.2) is 24.3 Å². The molecule has 1 saturated heterocycles. The number of rotatable bonds is 6. The fourth-order valence-corrected chi connectivity index (χ4v) is 4.98. The number of nitrogens with zero attached hydrogens (tertiary/aromatic N) is 1. The van der Waals surface area contributed by atoms with E-state index < -0.39 is 10.0 Å². The van der Waals surface area contributed by atoms with Gasteiger partial charge in [-0.1, -0.05) is 36.2 Å². The number of piperidine rings is 1. The molecule has 1 aliphatic heterocycles. The van der Waals surface area contributed by atoms with E-state index in [-0.39, 0.29) is 17.7 Å². The Morgan fingerprint density at radius 2 is 2.13 bits per heavy atom. The van der Waals surface area contributed by atoms with Crippen molar-refractivity contribution in [3.05, 3.63) is 35.4 Å². The van der Waals surface area contributed by atoms with Gasteiger partial charge in [0, 0.05) is 26.1 Å². The quantitative estimate of drug-likeness (QED) is 0.865. The molecule has 1 aromatic rings. The van der Waals surface area contributed by atoms with Gasteiger partial charge in [-0.25, -0.2) is 8.42 Å². The molecule has 0 saturated carbocycles. The molecule has 0 aromatic heterocycles. The van der Waals surface area contributed by atoms with Crippen LogP contribution in [0.2, 0.25) is 0 Å². The van der Waals surface area contributed by atoms with E-state index in [1.54, 1.807) is 4.31 Å². The second-order valence-corrected chi connectivity index (χ2v) is 8.20. The van der Waals surface area contributed by atoms with E-state index >= 15 is 0 Å². The lowest BCUT2D eigenvalue weighted by Gasteiger charge is -2.34. The van der Waals surface area contributed by atoms with Crippen LogP contribution in [-0.4, -0.2) is 37.8 Å². The first-order valence-corrected chi connectivity index (χ1v) is 9.79. The highest BCUT2D eigenvalue weighted by Gasteiger charge is 2.31. The Bertz CT molecular complexity index is 643. The van der Waals surface area contributed by atoms with E-state index in [1.807, 2.05) is 31.2 Å². The maximum Gasteiger partial charge on any atom is 0.218 e. The van der Waals surface area contributed by atoms with Crippen LogP contribution in [0.4, 0.5) is 0 Å². The SMILES string of the molecule is CC(=O)NCC[C@@H]1CCCCN1S(=O)(=O)Cc1cccc(C)c1. The molecule has 1 heterocycles. The second-order valence-electron chi connectivity index (χ2n) is 6.28. The standard InChI is InChI=1S/C17H26N2O3S/c1-14-6-5-7-16(12-14)13-23(21,22)19-11-4-3-8-17(19)9-10-18-15(2)20/h5-7,12,17H,3-4,8-11,13H2,1-2H3,(H,18,20)/t17-/m0/s1. The average Bonchev–Trinajstić information content (AvgIpc) is 2.47. The van der Waals surface area contributed by atoms with Crippen LogP contribution < -0.4 is 5.32 Å². The van der Waals surface area contributed by atoms with Crippen molar-refractivity contribution >= 4 is 15.9 Å². The van der Waals surface area contributed by atoms with Crippen LogP contribution in [0.25, 0.3) is 0 Å². The number of aryl methyl sites for hydroxylation is 1. The zero-order valence-corrected chi connectivity index (χ0v) is 14.7. The number of hydrogen-bond acceptors (Lipinski definition) is 3. The van der Waals surface area contributed by atoms with E-state index in [1.165, 1.54) is 6.92 Å². The molecule has 23 heavy (non-hydrogen) atoms. The number of sulfonamides is 1. The normalized spacial score (nSPS) is 19.5. The Hall–Kier alpha value is -1.40. The van der Waals surface area contributed by atoms with Crippen LogP contribution >= 0.6 is 0 Å². The third-order valence-electron chi connectivity index (χ3n) is 4.21. The molecule has 0 radical (unpaired) electrons. The van der Waals surface area contributed by atoms with Crippen LogP contribution in [0, 0.1) is 6.92 Å². The molecule has 0 spiro atoms. The molecular formula is C17H26N2O3S. The van der Waals surface area contributed by atoms with Crippen molar-refractivity contribution in [2.24, 2.45) is 0 Å². The summed E-state index contributed by atoms with van der Waals surface area (Å²) in [5.41, 5.74) is 1.90. The van der Waals surface area contributed by atoms with Gasteiger partial charge in [-0.2, -0.15) is 4.31 Å². The maximum atomic E-state index is 12.8. The Morgan fingerprint density at radius 1 is 1.35 bits per heavy atom. The monoisotopic (exact) mass is 338 g/mol. The molecule has 1 N–H and O–H groups in total. The number of carbonyl (C=O) groups excluding carboxylic acids is 1. The third-order valence-corrected chi connectivity index (χ3v) is 6.11. The molecule has 5 nitrogen and oxygen atoms in total. The predicted octanol–water partition coefficient (Wildman–Crippen LogP) is 2.21. The van der Waals surface area contributed by atoms with E-state index in [4.69, 9.17) is 0 Å². The van der Waals surface area contributed by atoms with E-state index in [9.17, 15) is 13.2 Å². The summed E-state index contributed by atoms with van der Waals surface area (Å²) in [6.07, 6.45) is 3.49. The van der Waals surface area contributed by atoms with Gasteiger partial charge in [-0.15, -0.1) is 0 Å². The fraction of sp³-hybridized carbons (Fsp3) is 0.588. The topological polar surface area (TPSA) is 66.5 Å². The predicted molar refractivity (Wildman–Crippen MR) is 91.4 cm³/mol. The van der Waals surface area contributed by atoms with Crippen LogP contribution in [0.1, 0.15) is 43.7 Å². The Kier molecular flexibility index (Phi) is 6.18. The van der Waals surface area contributed by atoms with Crippen molar-refractivity contribution < 1.29 is 13.2 Å². The molecule has 1 aliphatic rings. The van der Waals surface area contributed by atoms with Gasteiger partial charge in [0.1, 0.15) is 0 Å². The minimum atomic E-state index is -3.33. The summed E-state index contributed by atoms with van der Waals surface area (Å²) in [7, 11) is -3.33. The number of nitrogens with one attached hydrogen (secondary N) is 1. The molecule has 0 aliphatic carbocycles. The zero-order valence-electron chi connectivity index (χ0n) is 13.9. The lowest BCUT2D eigenvalue weighted by Crippen LogP contribution is -2.45. The van der Waals surface area contributed by atoms with Crippen LogP contribution in [0.3, 0.4) is 0 Å². The Balaban J connectivity index is 2.06. The summed E-state index contributed by atoms with van der Waals surface area (Å²) in [6, 6.07) is 7.64. The van der Waals surface area contributed by atoms with Gasteiger partial charge >= 0.3 is 0 Å². The lowest BCUT2D eigenvalue weighted by molar-refractivity contribution is -0.119. The molecule has 1 atom stereocenters. The first kappa shape index (κ1) is 17.9. The maximum absolute atomic E-state index is 12.8. The van der Waals surface area contributed by atoms with Gasteiger partial charge in [-0.05, 0) is 31.7 Å². The van der Waals surface area contributed by atoms with Gasteiger partial charge in [0.15, 0.2) is 0 Å². The number of hydrogen-bond donors (Lipinski definition) is 1. The second kappa shape index (κ2) is 7.93. The molecule has 2 rings (SSSR count). The van der Waals surface area contributed by atoms with Crippen molar-refractivity contribution in [3.8, 4) is 0 Å². The van der Waals surface area contributed by atoms with Gasteiger partial charge in [0.05, 0.1) is 5.75 Å². The van der Waals surface area contributed by atoms with E-state index in [2.05, 4.69) is 5.32 Å². The highest BCUT2D eigenvalue weighted by molar-refractivity contribution is 7.88. The zero-order chi connectivity index (χ0) is 16.9.